The fraction of sp³-hybridized carbons (Fsp3) is 0.500. The number of hydrogen-bond donors (Lipinski definition) is 1. The second-order valence-electron chi connectivity index (χ2n) is 3.96. The molecule has 0 bridgehead atoms. The number of nitrogens with two attached hydrogens (primary N) is 1. The summed E-state index contributed by atoms with van der Waals surface area (Å²) in [7, 11) is 0. The number of hydrogen-bond acceptors (Lipinski definition) is 3. The van der Waals surface area contributed by atoms with E-state index < -0.39 is 0 Å². The van der Waals surface area contributed by atoms with E-state index in [4.69, 9.17) is 15.2 Å². The largest absolute Gasteiger partial charge is 0.488 e. The Balaban J connectivity index is 2.04. The molecule has 3 nitrogen and oxygen atoms in total. The van der Waals surface area contributed by atoms with E-state index in [2.05, 4.69) is 0 Å². The highest BCUT2D eigenvalue weighted by molar-refractivity contribution is 5.30. The minimum Gasteiger partial charge on any atom is -0.488 e. The Morgan fingerprint density at radius 3 is 3.07 bits per heavy atom. The molecule has 1 aromatic carbocycles. The zero-order chi connectivity index (χ0) is 10.7. The molecule has 0 saturated carbocycles. The fourth-order valence-corrected chi connectivity index (χ4v) is 1.67. The molecule has 1 aliphatic rings. The van der Waals surface area contributed by atoms with Crippen molar-refractivity contribution >= 4 is 0 Å². The molecule has 15 heavy (non-hydrogen) atoms. The summed E-state index contributed by atoms with van der Waals surface area (Å²) >= 11 is 0. The summed E-state index contributed by atoms with van der Waals surface area (Å²) in [5.74, 6) is 0.889. The van der Waals surface area contributed by atoms with E-state index in [1.165, 1.54) is 0 Å². The van der Waals surface area contributed by atoms with E-state index in [0.717, 1.165) is 24.3 Å². The Bertz CT molecular complexity index is 319. The highest BCUT2D eigenvalue weighted by Gasteiger charge is 2.17. The molecule has 3 heteroatoms. The summed E-state index contributed by atoms with van der Waals surface area (Å²) in [5.41, 5.74) is 6.91. The molecular formula is C12H17NO2. The number of benzene rings is 1. The van der Waals surface area contributed by atoms with Crippen molar-refractivity contribution < 1.29 is 9.47 Å². The predicted octanol–water partition coefficient (Wildman–Crippen LogP) is 1.87. The lowest BCUT2D eigenvalue weighted by atomic mass is 10.1. The van der Waals surface area contributed by atoms with Crippen LogP contribution < -0.4 is 10.5 Å². The normalized spacial score (nSPS) is 22.7. The van der Waals surface area contributed by atoms with Gasteiger partial charge in [0, 0.05) is 12.5 Å². The van der Waals surface area contributed by atoms with Crippen LogP contribution in [-0.2, 0) is 4.74 Å². The lowest BCUT2D eigenvalue weighted by Crippen LogP contribution is -2.16. The molecule has 1 fully saturated rings. The molecule has 0 radical (unpaired) electrons. The van der Waals surface area contributed by atoms with Gasteiger partial charge in [-0.15, -0.1) is 0 Å². The summed E-state index contributed by atoms with van der Waals surface area (Å²) in [6.07, 6.45) is 1.18. The molecule has 0 aromatic heterocycles. The van der Waals surface area contributed by atoms with E-state index in [0.29, 0.717) is 6.61 Å². The Morgan fingerprint density at radius 2 is 2.40 bits per heavy atom. The Labute approximate surface area is 90.2 Å². The van der Waals surface area contributed by atoms with Crippen LogP contribution in [0.3, 0.4) is 0 Å². The van der Waals surface area contributed by atoms with E-state index in [1.54, 1.807) is 0 Å². The summed E-state index contributed by atoms with van der Waals surface area (Å²) in [5, 5.41) is 0. The van der Waals surface area contributed by atoms with Crippen LogP contribution in [0, 0.1) is 0 Å². The summed E-state index contributed by atoms with van der Waals surface area (Å²) in [6.45, 7) is 3.47. The molecule has 0 aliphatic carbocycles. The van der Waals surface area contributed by atoms with Gasteiger partial charge in [-0.05, 0) is 24.6 Å². The van der Waals surface area contributed by atoms with Gasteiger partial charge < -0.3 is 15.2 Å². The molecule has 1 aromatic rings. The lowest BCUT2D eigenvalue weighted by molar-refractivity contribution is 0.141. The molecular weight excluding hydrogens is 190 g/mol. The third kappa shape index (κ3) is 2.70. The Morgan fingerprint density at radius 1 is 1.53 bits per heavy atom. The standard InChI is InChI=1S/C12H17NO2/c1-9(13)10-3-2-4-11(7-10)15-12-5-6-14-8-12/h2-4,7,9,12H,5-6,8,13H2,1H3/t9?,12-/m0/s1. The highest BCUT2D eigenvalue weighted by atomic mass is 16.5. The van der Waals surface area contributed by atoms with Crippen molar-refractivity contribution in [2.75, 3.05) is 13.2 Å². The molecule has 0 amide bonds. The lowest BCUT2D eigenvalue weighted by Gasteiger charge is -2.13. The van der Waals surface area contributed by atoms with Crippen molar-refractivity contribution in [3.8, 4) is 5.75 Å². The van der Waals surface area contributed by atoms with Crippen LogP contribution in [0.5, 0.6) is 5.75 Å². The number of ether oxygens (including phenoxy) is 2. The minimum absolute atomic E-state index is 0.0494. The van der Waals surface area contributed by atoms with Crippen molar-refractivity contribution in [2.24, 2.45) is 5.73 Å². The van der Waals surface area contributed by atoms with Gasteiger partial charge in [0.05, 0.1) is 13.2 Å². The zero-order valence-corrected chi connectivity index (χ0v) is 8.98. The van der Waals surface area contributed by atoms with Crippen LogP contribution >= 0.6 is 0 Å². The molecule has 0 spiro atoms. The first-order chi connectivity index (χ1) is 7.25. The van der Waals surface area contributed by atoms with Crippen LogP contribution in [0.15, 0.2) is 24.3 Å². The first-order valence-corrected chi connectivity index (χ1v) is 5.35. The monoisotopic (exact) mass is 207 g/mol. The van der Waals surface area contributed by atoms with Crippen LogP contribution in [0.4, 0.5) is 0 Å². The molecule has 1 unspecified atom stereocenters. The maximum atomic E-state index is 5.81. The van der Waals surface area contributed by atoms with Gasteiger partial charge in [0.1, 0.15) is 11.9 Å². The van der Waals surface area contributed by atoms with Crippen molar-refractivity contribution in [2.45, 2.75) is 25.5 Å². The van der Waals surface area contributed by atoms with Crippen molar-refractivity contribution in [1.82, 2.24) is 0 Å². The van der Waals surface area contributed by atoms with Gasteiger partial charge in [-0.3, -0.25) is 0 Å². The van der Waals surface area contributed by atoms with Gasteiger partial charge in [-0.1, -0.05) is 12.1 Å². The van der Waals surface area contributed by atoms with Crippen LogP contribution in [0.2, 0.25) is 0 Å². The fourth-order valence-electron chi connectivity index (χ4n) is 1.67. The minimum atomic E-state index is 0.0494. The van der Waals surface area contributed by atoms with Crippen molar-refractivity contribution in [3.05, 3.63) is 29.8 Å². The molecule has 2 rings (SSSR count). The Kier molecular flexibility index (Phi) is 3.23. The maximum absolute atomic E-state index is 5.81. The highest BCUT2D eigenvalue weighted by Crippen LogP contribution is 2.20. The predicted molar refractivity (Wildman–Crippen MR) is 58.9 cm³/mol. The third-order valence-corrected chi connectivity index (χ3v) is 2.57. The molecule has 82 valence electrons. The van der Waals surface area contributed by atoms with E-state index in [1.807, 2.05) is 31.2 Å². The van der Waals surface area contributed by atoms with Gasteiger partial charge in [-0.25, -0.2) is 0 Å². The van der Waals surface area contributed by atoms with Gasteiger partial charge in [-0.2, -0.15) is 0 Å². The first-order valence-electron chi connectivity index (χ1n) is 5.35. The zero-order valence-electron chi connectivity index (χ0n) is 8.98. The average Bonchev–Trinajstić information content (AvgIpc) is 2.71. The molecule has 1 aliphatic heterocycles. The molecule has 1 saturated heterocycles. The topological polar surface area (TPSA) is 44.5 Å². The van der Waals surface area contributed by atoms with Gasteiger partial charge >= 0.3 is 0 Å². The Hall–Kier alpha value is -1.06. The molecule has 2 atom stereocenters. The second-order valence-corrected chi connectivity index (χ2v) is 3.96. The van der Waals surface area contributed by atoms with Gasteiger partial charge in [0.15, 0.2) is 0 Å². The third-order valence-electron chi connectivity index (χ3n) is 2.57. The smallest absolute Gasteiger partial charge is 0.124 e. The second kappa shape index (κ2) is 4.64. The summed E-state index contributed by atoms with van der Waals surface area (Å²) in [4.78, 5) is 0. The van der Waals surface area contributed by atoms with E-state index in [9.17, 15) is 0 Å². The summed E-state index contributed by atoms with van der Waals surface area (Å²) < 4.78 is 11.0. The van der Waals surface area contributed by atoms with Crippen molar-refractivity contribution in [3.63, 3.8) is 0 Å². The SMILES string of the molecule is CC(N)c1cccc(O[C@H]2CCOC2)c1. The number of rotatable bonds is 3. The summed E-state index contributed by atoms with van der Waals surface area (Å²) in [6, 6.07) is 8.01. The van der Waals surface area contributed by atoms with Gasteiger partial charge in [0.2, 0.25) is 0 Å². The van der Waals surface area contributed by atoms with Gasteiger partial charge in [0.25, 0.3) is 0 Å². The molecule has 1 heterocycles. The van der Waals surface area contributed by atoms with Crippen LogP contribution in [0.1, 0.15) is 24.9 Å². The van der Waals surface area contributed by atoms with E-state index in [-0.39, 0.29) is 12.1 Å². The van der Waals surface area contributed by atoms with Crippen LogP contribution in [-0.4, -0.2) is 19.3 Å². The molecule has 2 N–H and O–H groups in total. The van der Waals surface area contributed by atoms with Crippen molar-refractivity contribution in [1.29, 1.82) is 0 Å². The quantitative estimate of drug-likeness (QED) is 0.823. The van der Waals surface area contributed by atoms with Crippen LogP contribution in [0.25, 0.3) is 0 Å². The van der Waals surface area contributed by atoms with E-state index >= 15 is 0 Å². The maximum Gasteiger partial charge on any atom is 0.124 e. The first kappa shape index (κ1) is 10.5. The average molecular weight is 207 g/mol.